The van der Waals surface area contributed by atoms with Crippen LogP contribution < -0.4 is 10.6 Å². The fourth-order valence-corrected chi connectivity index (χ4v) is 2.20. The topological polar surface area (TPSA) is 41.1 Å². The summed E-state index contributed by atoms with van der Waals surface area (Å²) in [5, 5.41) is 6.18. The van der Waals surface area contributed by atoms with E-state index in [4.69, 9.17) is 0 Å². The van der Waals surface area contributed by atoms with Crippen molar-refractivity contribution in [1.82, 2.24) is 10.6 Å². The zero-order chi connectivity index (χ0) is 15.2. The van der Waals surface area contributed by atoms with Crippen LogP contribution in [0.2, 0.25) is 0 Å². The average Bonchev–Trinajstić information content (AvgIpc) is 2.42. The number of aryl methyl sites for hydroxylation is 2. The fraction of sp³-hybridized carbons (Fsp3) is 0.588. The molecule has 20 heavy (non-hydrogen) atoms. The van der Waals surface area contributed by atoms with Crippen molar-refractivity contribution in [3.05, 3.63) is 35.4 Å². The second-order valence-electron chi connectivity index (χ2n) is 6.27. The summed E-state index contributed by atoms with van der Waals surface area (Å²) in [5.41, 5.74) is 2.32. The highest BCUT2D eigenvalue weighted by Gasteiger charge is 2.26. The van der Waals surface area contributed by atoms with E-state index in [1.54, 1.807) is 7.05 Å². The molecule has 1 unspecified atom stereocenters. The Morgan fingerprint density at radius 1 is 1.35 bits per heavy atom. The molecule has 0 saturated carbocycles. The SMILES string of the molecule is CNC(=O)C(C)(C)CNC(C)CCc1cccc(C)c1. The van der Waals surface area contributed by atoms with Gasteiger partial charge in [-0.2, -0.15) is 0 Å². The molecule has 1 amide bonds. The van der Waals surface area contributed by atoms with Gasteiger partial charge in [0, 0.05) is 19.6 Å². The number of benzene rings is 1. The van der Waals surface area contributed by atoms with E-state index >= 15 is 0 Å². The van der Waals surface area contributed by atoms with Gasteiger partial charge in [0.05, 0.1) is 5.41 Å². The summed E-state index contributed by atoms with van der Waals surface area (Å²) in [7, 11) is 1.69. The van der Waals surface area contributed by atoms with Crippen LogP contribution in [0.4, 0.5) is 0 Å². The molecule has 0 heterocycles. The third kappa shape index (κ3) is 5.33. The van der Waals surface area contributed by atoms with Gasteiger partial charge in [-0.3, -0.25) is 4.79 Å². The summed E-state index contributed by atoms with van der Waals surface area (Å²) >= 11 is 0. The highest BCUT2D eigenvalue weighted by atomic mass is 16.2. The van der Waals surface area contributed by atoms with Gasteiger partial charge in [-0.05, 0) is 46.1 Å². The maximum absolute atomic E-state index is 11.7. The Morgan fingerprint density at radius 3 is 2.65 bits per heavy atom. The number of amides is 1. The molecule has 0 spiro atoms. The van der Waals surface area contributed by atoms with Crippen LogP contribution in [0.5, 0.6) is 0 Å². The summed E-state index contributed by atoms with van der Waals surface area (Å²) in [4.78, 5) is 11.7. The van der Waals surface area contributed by atoms with Crippen LogP contribution in [0, 0.1) is 12.3 Å². The monoisotopic (exact) mass is 276 g/mol. The van der Waals surface area contributed by atoms with Crippen LogP contribution in [-0.2, 0) is 11.2 Å². The lowest BCUT2D eigenvalue weighted by atomic mass is 9.91. The van der Waals surface area contributed by atoms with Crippen LogP contribution in [0.25, 0.3) is 0 Å². The number of rotatable bonds is 7. The van der Waals surface area contributed by atoms with Crippen LogP contribution in [0.15, 0.2) is 24.3 Å². The Morgan fingerprint density at radius 2 is 2.05 bits per heavy atom. The van der Waals surface area contributed by atoms with Crippen molar-refractivity contribution < 1.29 is 4.79 Å². The molecule has 0 aliphatic carbocycles. The lowest BCUT2D eigenvalue weighted by Gasteiger charge is -2.25. The highest BCUT2D eigenvalue weighted by Crippen LogP contribution is 2.14. The predicted molar refractivity (Wildman–Crippen MR) is 84.8 cm³/mol. The zero-order valence-electron chi connectivity index (χ0n) is 13.4. The van der Waals surface area contributed by atoms with Crippen molar-refractivity contribution in [2.24, 2.45) is 5.41 Å². The largest absolute Gasteiger partial charge is 0.359 e. The van der Waals surface area contributed by atoms with Gasteiger partial charge in [-0.1, -0.05) is 29.8 Å². The van der Waals surface area contributed by atoms with E-state index < -0.39 is 0 Å². The summed E-state index contributed by atoms with van der Waals surface area (Å²) in [5.74, 6) is 0.0795. The minimum Gasteiger partial charge on any atom is -0.359 e. The van der Waals surface area contributed by atoms with E-state index in [0.717, 1.165) is 12.8 Å². The summed E-state index contributed by atoms with van der Waals surface area (Å²) < 4.78 is 0. The smallest absolute Gasteiger partial charge is 0.226 e. The van der Waals surface area contributed by atoms with Gasteiger partial charge >= 0.3 is 0 Å². The minimum atomic E-state index is -0.369. The van der Waals surface area contributed by atoms with Crippen molar-refractivity contribution in [3.8, 4) is 0 Å². The van der Waals surface area contributed by atoms with Crippen molar-refractivity contribution >= 4 is 5.91 Å². The third-order valence-corrected chi connectivity index (χ3v) is 3.68. The predicted octanol–water partition coefficient (Wildman–Crippen LogP) is 2.68. The highest BCUT2D eigenvalue weighted by molar-refractivity contribution is 5.81. The van der Waals surface area contributed by atoms with Crippen LogP contribution in [0.1, 0.15) is 38.3 Å². The number of hydrogen-bond donors (Lipinski definition) is 2. The first kappa shape index (κ1) is 16.7. The molecule has 0 aromatic heterocycles. The molecule has 3 heteroatoms. The van der Waals surface area contributed by atoms with Crippen molar-refractivity contribution in [1.29, 1.82) is 0 Å². The molecule has 0 aliphatic rings. The first-order chi connectivity index (χ1) is 9.35. The summed E-state index contributed by atoms with van der Waals surface area (Å²) in [6, 6.07) is 9.05. The van der Waals surface area contributed by atoms with E-state index in [9.17, 15) is 4.79 Å². The maximum Gasteiger partial charge on any atom is 0.226 e. The lowest BCUT2D eigenvalue weighted by Crippen LogP contribution is -2.44. The summed E-state index contributed by atoms with van der Waals surface area (Å²) in [6.45, 7) is 8.92. The Balaban J connectivity index is 2.37. The first-order valence-corrected chi connectivity index (χ1v) is 7.36. The third-order valence-electron chi connectivity index (χ3n) is 3.68. The van der Waals surface area contributed by atoms with Gasteiger partial charge in [0.25, 0.3) is 0 Å². The van der Waals surface area contributed by atoms with Crippen LogP contribution in [-0.4, -0.2) is 25.5 Å². The minimum absolute atomic E-state index is 0.0795. The molecule has 1 rings (SSSR count). The molecule has 3 nitrogen and oxygen atoms in total. The molecule has 2 N–H and O–H groups in total. The molecule has 112 valence electrons. The number of nitrogens with one attached hydrogen (secondary N) is 2. The van der Waals surface area contributed by atoms with Crippen molar-refractivity contribution in [2.75, 3.05) is 13.6 Å². The second kappa shape index (κ2) is 7.44. The number of carbonyl (C=O) groups excluding carboxylic acids is 1. The zero-order valence-corrected chi connectivity index (χ0v) is 13.4. The molecule has 0 fully saturated rings. The average molecular weight is 276 g/mol. The van der Waals surface area contributed by atoms with Crippen LogP contribution >= 0.6 is 0 Å². The van der Waals surface area contributed by atoms with Crippen LogP contribution in [0.3, 0.4) is 0 Å². The van der Waals surface area contributed by atoms with E-state index in [1.807, 2.05) is 13.8 Å². The van der Waals surface area contributed by atoms with Gasteiger partial charge in [0.2, 0.25) is 5.91 Å². The Kier molecular flexibility index (Phi) is 6.21. The van der Waals surface area contributed by atoms with Gasteiger partial charge in [-0.15, -0.1) is 0 Å². The van der Waals surface area contributed by atoms with E-state index in [1.165, 1.54) is 11.1 Å². The van der Waals surface area contributed by atoms with E-state index in [2.05, 4.69) is 48.7 Å². The van der Waals surface area contributed by atoms with E-state index in [0.29, 0.717) is 12.6 Å². The second-order valence-corrected chi connectivity index (χ2v) is 6.27. The van der Waals surface area contributed by atoms with Crippen molar-refractivity contribution in [2.45, 2.75) is 46.6 Å². The van der Waals surface area contributed by atoms with Gasteiger partial charge < -0.3 is 10.6 Å². The number of carbonyl (C=O) groups is 1. The Bertz CT molecular complexity index is 440. The quantitative estimate of drug-likeness (QED) is 0.804. The maximum atomic E-state index is 11.7. The standard InChI is InChI=1S/C17H28N2O/c1-13-7-6-8-15(11-13)10-9-14(2)19-12-17(3,4)16(20)18-5/h6-8,11,14,19H,9-10,12H2,1-5H3,(H,18,20). The van der Waals surface area contributed by atoms with E-state index in [-0.39, 0.29) is 11.3 Å². The molecular formula is C17H28N2O. The summed E-state index contributed by atoms with van der Waals surface area (Å²) in [6.07, 6.45) is 2.14. The molecule has 0 bridgehead atoms. The molecule has 1 atom stereocenters. The molecule has 0 radical (unpaired) electrons. The fourth-order valence-electron chi connectivity index (χ4n) is 2.20. The first-order valence-electron chi connectivity index (χ1n) is 7.36. The van der Waals surface area contributed by atoms with Gasteiger partial charge in [0.15, 0.2) is 0 Å². The lowest BCUT2D eigenvalue weighted by molar-refractivity contribution is -0.128. The van der Waals surface area contributed by atoms with Gasteiger partial charge in [0.1, 0.15) is 0 Å². The molecule has 0 saturated heterocycles. The Labute approximate surface area is 123 Å². The van der Waals surface area contributed by atoms with Crippen molar-refractivity contribution in [3.63, 3.8) is 0 Å². The molecule has 1 aromatic rings. The number of hydrogen-bond acceptors (Lipinski definition) is 2. The normalized spacial score (nSPS) is 13.1. The molecular weight excluding hydrogens is 248 g/mol. The Hall–Kier alpha value is -1.35. The molecule has 0 aliphatic heterocycles. The molecule has 1 aromatic carbocycles. The van der Waals surface area contributed by atoms with Gasteiger partial charge in [-0.25, -0.2) is 0 Å².